The van der Waals surface area contributed by atoms with Gasteiger partial charge in [0.15, 0.2) is 5.69 Å². The summed E-state index contributed by atoms with van der Waals surface area (Å²) in [5, 5.41) is 9.92. The Morgan fingerprint density at radius 2 is 1.96 bits per heavy atom. The fourth-order valence-corrected chi connectivity index (χ4v) is 3.13. The highest BCUT2D eigenvalue weighted by Gasteiger charge is 2.24. The van der Waals surface area contributed by atoms with E-state index in [2.05, 4.69) is 20.5 Å². The molecule has 1 atom stereocenters. The number of aromatic amines is 1. The lowest BCUT2D eigenvalue weighted by Crippen LogP contribution is -2.32. The third kappa shape index (κ3) is 3.16. The Morgan fingerprint density at radius 1 is 1.18 bits per heavy atom. The van der Waals surface area contributed by atoms with Crippen LogP contribution in [-0.2, 0) is 7.05 Å². The van der Waals surface area contributed by atoms with Gasteiger partial charge in [0.2, 0.25) is 0 Å². The maximum Gasteiger partial charge on any atom is 0.273 e. The Kier molecular flexibility index (Phi) is 4.44. The number of imidazole rings is 1. The number of aromatic nitrogens is 4. The molecule has 1 amide bonds. The van der Waals surface area contributed by atoms with Crippen molar-refractivity contribution in [2.45, 2.75) is 6.04 Å². The Morgan fingerprint density at radius 3 is 2.68 bits per heavy atom. The molecule has 2 N–H and O–H groups in total. The highest BCUT2D eigenvalue weighted by molar-refractivity contribution is 6.04. The van der Waals surface area contributed by atoms with E-state index in [4.69, 9.17) is 0 Å². The number of fused-ring (bicyclic) bond motifs is 1. The quantitative estimate of drug-likeness (QED) is 0.571. The van der Waals surface area contributed by atoms with Crippen molar-refractivity contribution in [1.82, 2.24) is 25.1 Å². The summed E-state index contributed by atoms with van der Waals surface area (Å²) < 4.78 is 15.5. The first-order valence-corrected chi connectivity index (χ1v) is 8.55. The van der Waals surface area contributed by atoms with Crippen LogP contribution >= 0.6 is 0 Å². The van der Waals surface area contributed by atoms with E-state index < -0.39 is 17.8 Å². The molecule has 4 rings (SSSR count). The van der Waals surface area contributed by atoms with Crippen LogP contribution in [-0.4, -0.2) is 25.7 Å². The molecule has 2 aromatic carbocycles. The normalized spacial score (nSPS) is 12.1. The molecule has 1 unspecified atom stereocenters. The molecule has 0 saturated carbocycles. The van der Waals surface area contributed by atoms with Gasteiger partial charge in [-0.3, -0.25) is 9.59 Å². The fraction of sp³-hybridized carbons (Fsp3) is 0.100. The van der Waals surface area contributed by atoms with Crippen LogP contribution in [0.25, 0.3) is 10.8 Å². The van der Waals surface area contributed by atoms with Crippen molar-refractivity contribution in [3.05, 3.63) is 94.2 Å². The van der Waals surface area contributed by atoms with Gasteiger partial charge in [0.1, 0.15) is 17.7 Å². The summed E-state index contributed by atoms with van der Waals surface area (Å²) in [6, 6.07) is 12.0. The molecule has 0 aliphatic carbocycles. The minimum Gasteiger partial charge on any atom is -0.337 e. The summed E-state index contributed by atoms with van der Waals surface area (Å²) in [5.41, 5.74) is 0.236. The summed E-state index contributed by atoms with van der Waals surface area (Å²) >= 11 is 0. The lowest BCUT2D eigenvalue weighted by Gasteiger charge is -2.19. The van der Waals surface area contributed by atoms with Gasteiger partial charge in [-0.05, 0) is 23.8 Å². The molecule has 2 heterocycles. The number of amides is 1. The second kappa shape index (κ2) is 7.07. The van der Waals surface area contributed by atoms with E-state index in [0.717, 1.165) is 0 Å². The van der Waals surface area contributed by atoms with E-state index in [1.165, 1.54) is 12.1 Å². The van der Waals surface area contributed by atoms with Gasteiger partial charge in [0.05, 0.1) is 5.39 Å². The monoisotopic (exact) mass is 377 g/mol. The van der Waals surface area contributed by atoms with Crippen molar-refractivity contribution in [3.8, 4) is 0 Å². The number of aryl methyl sites for hydroxylation is 1. The number of rotatable bonds is 4. The Labute approximate surface area is 158 Å². The highest BCUT2D eigenvalue weighted by Crippen LogP contribution is 2.22. The van der Waals surface area contributed by atoms with Crippen LogP contribution in [0.2, 0.25) is 0 Å². The SMILES string of the molecule is Cn1ccnc1C(NC(=O)c1n[nH]c(=O)c2ccccc12)c1cccc(F)c1. The van der Waals surface area contributed by atoms with Crippen molar-refractivity contribution < 1.29 is 9.18 Å². The Balaban J connectivity index is 1.78. The molecule has 0 aliphatic heterocycles. The van der Waals surface area contributed by atoms with Crippen LogP contribution in [0.4, 0.5) is 4.39 Å². The van der Waals surface area contributed by atoms with Crippen LogP contribution in [0.15, 0.2) is 65.7 Å². The first-order valence-electron chi connectivity index (χ1n) is 8.55. The number of benzene rings is 2. The topological polar surface area (TPSA) is 92.7 Å². The molecule has 2 aromatic heterocycles. The molecule has 0 saturated heterocycles. The van der Waals surface area contributed by atoms with Crippen LogP contribution in [0, 0.1) is 5.82 Å². The molecule has 140 valence electrons. The summed E-state index contributed by atoms with van der Waals surface area (Å²) in [6.07, 6.45) is 3.34. The predicted molar refractivity (Wildman–Crippen MR) is 101 cm³/mol. The molecule has 0 aliphatic rings. The number of hydrogen-bond donors (Lipinski definition) is 2. The van der Waals surface area contributed by atoms with E-state index in [-0.39, 0.29) is 11.3 Å². The largest absolute Gasteiger partial charge is 0.337 e. The smallest absolute Gasteiger partial charge is 0.273 e. The molecule has 8 heteroatoms. The summed E-state index contributed by atoms with van der Waals surface area (Å²) in [4.78, 5) is 29.3. The number of hydrogen-bond acceptors (Lipinski definition) is 4. The van der Waals surface area contributed by atoms with Crippen LogP contribution in [0.3, 0.4) is 0 Å². The van der Waals surface area contributed by atoms with Crippen LogP contribution in [0.5, 0.6) is 0 Å². The number of nitrogens with one attached hydrogen (secondary N) is 2. The zero-order valence-corrected chi connectivity index (χ0v) is 14.9. The van der Waals surface area contributed by atoms with Gasteiger partial charge in [0.25, 0.3) is 11.5 Å². The number of nitrogens with zero attached hydrogens (tertiary/aromatic N) is 3. The van der Waals surface area contributed by atoms with Gasteiger partial charge >= 0.3 is 0 Å². The first-order chi connectivity index (χ1) is 13.5. The average Bonchev–Trinajstić information content (AvgIpc) is 3.12. The van der Waals surface area contributed by atoms with Crippen molar-refractivity contribution in [2.24, 2.45) is 7.05 Å². The second-order valence-corrected chi connectivity index (χ2v) is 6.30. The third-order valence-electron chi connectivity index (χ3n) is 4.49. The molecule has 28 heavy (non-hydrogen) atoms. The zero-order chi connectivity index (χ0) is 19.7. The maximum absolute atomic E-state index is 13.8. The average molecular weight is 377 g/mol. The van der Waals surface area contributed by atoms with Gasteiger partial charge < -0.3 is 9.88 Å². The molecule has 0 radical (unpaired) electrons. The Hall–Kier alpha value is -3.81. The summed E-state index contributed by atoms with van der Waals surface area (Å²) in [7, 11) is 1.79. The van der Waals surface area contributed by atoms with Gasteiger partial charge in [-0.1, -0.05) is 30.3 Å². The van der Waals surface area contributed by atoms with E-state index >= 15 is 0 Å². The standard InChI is InChI=1S/C20H16FN5O2/c1-26-10-9-22-18(26)16(12-5-4-6-13(21)11-12)23-20(28)17-14-7-2-3-8-15(14)19(27)25-24-17/h2-11,16H,1H3,(H,23,28)(H,25,27). The molecule has 7 nitrogen and oxygen atoms in total. The number of carbonyl (C=O) groups excluding carboxylic acids is 1. The lowest BCUT2D eigenvalue weighted by atomic mass is 10.0. The minimum absolute atomic E-state index is 0.0748. The summed E-state index contributed by atoms with van der Waals surface area (Å²) in [5.74, 6) is -0.393. The third-order valence-corrected chi connectivity index (χ3v) is 4.49. The summed E-state index contributed by atoms with van der Waals surface area (Å²) in [6.45, 7) is 0. The number of halogens is 1. The van der Waals surface area contributed by atoms with Gasteiger partial charge in [-0.2, -0.15) is 5.10 Å². The second-order valence-electron chi connectivity index (χ2n) is 6.30. The van der Waals surface area contributed by atoms with E-state index in [1.54, 1.807) is 60.4 Å². The van der Waals surface area contributed by atoms with E-state index in [0.29, 0.717) is 22.2 Å². The van der Waals surface area contributed by atoms with Gasteiger partial charge in [-0.15, -0.1) is 0 Å². The number of carbonyl (C=O) groups is 1. The zero-order valence-electron chi connectivity index (χ0n) is 14.9. The molecular weight excluding hydrogens is 361 g/mol. The van der Waals surface area contributed by atoms with Gasteiger partial charge in [-0.25, -0.2) is 14.5 Å². The Bertz CT molecular complexity index is 1230. The highest BCUT2D eigenvalue weighted by atomic mass is 19.1. The van der Waals surface area contributed by atoms with Crippen LogP contribution < -0.4 is 10.9 Å². The van der Waals surface area contributed by atoms with Gasteiger partial charge in [0, 0.05) is 24.8 Å². The van der Waals surface area contributed by atoms with Crippen LogP contribution in [0.1, 0.15) is 27.9 Å². The van der Waals surface area contributed by atoms with Crippen molar-refractivity contribution in [1.29, 1.82) is 0 Å². The van der Waals surface area contributed by atoms with Crippen molar-refractivity contribution in [3.63, 3.8) is 0 Å². The number of H-pyrrole nitrogens is 1. The molecular formula is C20H16FN5O2. The van der Waals surface area contributed by atoms with Crippen molar-refractivity contribution >= 4 is 16.7 Å². The van der Waals surface area contributed by atoms with E-state index in [1.807, 2.05) is 0 Å². The van der Waals surface area contributed by atoms with Crippen molar-refractivity contribution in [2.75, 3.05) is 0 Å². The molecule has 4 aromatic rings. The predicted octanol–water partition coefficient (Wildman–Crippen LogP) is 2.32. The van der Waals surface area contributed by atoms with E-state index in [9.17, 15) is 14.0 Å². The fourth-order valence-electron chi connectivity index (χ4n) is 3.13. The maximum atomic E-state index is 13.8. The first kappa shape index (κ1) is 17.6. The molecule has 0 bridgehead atoms. The minimum atomic E-state index is -0.698. The lowest BCUT2D eigenvalue weighted by molar-refractivity contribution is 0.0937. The molecule has 0 spiro atoms. The molecule has 0 fully saturated rings.